The quantitative estimate of drug-likeness (QED) is 0.254. The summed E-state index contributed by atoms with van der Waals surface area (Å²) in [5.74, 6) is 1.70. The van der Waals surface area contributed by atoms with Crippen LogP contribution in [0.5, 0.6) is 17.4 Å². The van der Waals surface area contributed by atoms with Crippen molar-refractivity contribution in [1.82, 2.24) is 29.2 Å². The summed E-state index contributed by atoms with van der Waals surface area (Å²) in [5.41, 5.74) is 2.41. The van der Waals surface area contributed by atoms with Crippen LogP contribution in [0.1, 0.15) is 24.0 Å². The highest BCUT2D eigenvalue weighted by atomic mass is 16.5. The number of aryl methyl sites for hydroxylation is 1. The molecule has 1 fully saturated rings. The lowest BCUT2D eigenvalue weighted by atomic mass is 9.91. The molecule has 11 heteroatoms. The zero-order valence-corrected chi connectivity index (χ0v) is 24.0. The Morgan fingerprint density at radius 3 is 2.37 bits per heavy atom. The van der Waals surface area contributed by atoms with E-state index in [1.807, 2.05) is 55.5 Å². The molecule has 0 radical (unpaired) electrons. The number of pyridine rings is 1. The topological polar surface area (TPSA) is 128 Å². The van der Waals surface area contributed by atoms with Gasteiger partial charge in [-0.2, -0.15) is 5.10 Å². The molecule has 0 amide bonds. The van der Waals surface area contributed by atoms with Gasteiger partial charge in [0.05, 0.1) is 36.8 Å². The second kappa shape index (κ2) is 12.3. The molecule has 3 aromatic heterocycles. The van der Waals surface area contributed by atoms with Crippen LogP contribution in [0.4, 0.5) is 0 Å². The first-order valence-electron chi connectivity index (χ1n) is 14.3. The number of fused-ring (bicyclic) bond motifs is 1. The predicted octanol–water partition coefficient (Wildman–Crippen LogP) is 3.48. The fourth-order valence-corrected chi connectivity index (χ4v) is 5.26. The summed E-state index contributed by atoms with van der Waals surface area (Å²) in [6.45, 7) is 4.53. The van der Waals surface area contributed by atoms with E-state index in [-0.39, 0.29) is 25.3 Å². The van der Waals surface area contributed by atoms with Crippen molar-refractivity contribution in [3.8, 4) is 23.1 Å². The van der Waals surface area contributed by atoms with Crippen LogP contribution in [-0.2, 0) is 13.1 Å². The Kier molecular flexibility index (Phi) is 8.19. The monoisotopic (exact) mass is 582 g/mol. The molecule has 0 aliphatic carbocycles. The van der Waals surface area contributed by atoms with E-state index in [4.69, 9.17) is 14.6 Å². The van der Waals surface area contributed by atoms with Gasteiger partial charge in [-0.1, -0.05) is 29.8 Å². The minimum Gasteiger partial charge on any atom is -0.490 e. The summed E-state index contributed by atoms with van der Waals surface area (Å²) < 4.78 is 14.3. The number of hydrogen-bond donors (Lipinski definition) is 2. The Morgan fingerprint density at radius 2 is 1.67 bits per heavy atom. The highest BCUT2D eigenvalue weighted by Crippen LogP contribution is 2.27. The van der Waals surface area contributed by atoms with E-state index < -0.39 is 5.60 Å². The molecule has 0 bridgehead atoms. The van der Waals surface area contributed by atoms with Crippen molar-refractivity contribution in [3.05, 3.63) is 101 Å². The zero-order valence-electron chi connectivity index (χ0n) is 24.0. The number of ether oxygens (including phenoxy) is 2. The van der Waals surface area contributed by atoms with E-state index in [0.29, 0.717) is 54.3 Å². The van der Waals surface area contributed by atoms with Crippen LogP contribution in [0, 0.1) is 6.92 Å². The maximum atomic E-state index is 13.3. The average molecular weight is 583 g/mol. The molecule has 222 valence electrons. The Bertz CT molecular complexity index is 1720. The number of piperidine rings is 1. The second-order valence-electron chi connectivity index (χ2n) is 11.0. The predicted molar refractivity (Wildman–Crippen MR) is 161 cm³/mol. The van der Waals surface area contributed by atoms with Gasteiger partial charge in [-0.25, -0.2) is 14.6 Å². The second-order valence-corrected chi connectivity index (χ2v) is 11.0. The molecule has 43 heavy (non-hydrogen) atoms. The first-order valence-corrected chi connectivity index (χ1v) is 14.3. The molecule has 0 unspecified atom stereocenters. The van der Waals surface area contributed by atoms with E-state index in [1.165, 1.54) is 10.9 Å². The average Bonchev–Trinajstić information content (AvgIpc) is 3.46. The molecule has 6 rings (SSSR count). The van der Waals surface area contributed by atoms with Crippen LogP contribution in [0.3, 0.4) is 0 Å². The van der Waals surface area contributed by atoms with Gasteiger partial charge in [-0.3, -0.25) is 14.3 Å². The van der Waals surface area contributed by atoms with E-state index in [9.17, 15) is 9.90 Å². The van der Waals surface area contributed by atoms with Gasteiger partial charge in [0.1, 0.15) is 29.8 Å². The Labute approximate surface area is 248 Å². The number of hydrogen-bond acceptors (Lipinski definition) is 9. The van der Waals surface area contributed by atoms with Gasteiger partial charge in [0, 0.05) is 25.7 Å². The molecule has 1 saturated heterocycles. The van der Waals surface area contributed by atoms with Crippen LogP contribution in [0.2, 0.25) is 0 Å². The largest absolute Gasteiger partial charge is 0.490 e. The van der Waals surface area contributed by atoms with Gasteiger partial charge in [0.15, 0.2) is 5.65 Å². The summed E-state index contributed by atoms with van der Waals surface area (Å²) in [7, 11) is 0. The van der Waals surface area contributed by atoms with Crippen LogP contribution in [-0.4, -0.2) is 71.3 Å². The molecule has 1 aliphatic heterocycles. The molecule has 0 saturated carbocycles. The third kappa shape index (κ3) is 6.59. The number of aliphatic hydroxyl groups is 2. The SMILES string of the molecule is Cc1ccc(-n2ncc3c(=O)n(CC4(O)CCN(Cc5ccc(Oc6ccc(OCCO)cn6)cc5)CC4)cnc32)cc1. The van der Waals surface area contributed by atoms with Crippen LogP contribution >= 0.6 is 0 Å². The van der Waals surface area contributed by atoms with E-state index in [0.717, 1.165) is 23.4 Å². The molecule has 0 atom stereocenters. The summed E-state index contributed by atoms with van der Waals surface area (Å²) in [4.78, 5) is 24.3. The zero-order chi connectivity index (χ0) is 29.8. The lowest BCUT2D eigenvalue weighted by molar-refractivity contribution is -0.0364. The Hall–Kier alpha value is -4.58. The van der Waals surface area contributed by atoms with Crippen molar-refractivity contribution in [1.29, 1.82) is 0 Å². The number of nitrogens with zero attached hydrogens (tertiary/aromatic N) is 6. The minimum atomic E-state index is -0.994. The molecular weight excluding hydrogens is 548 g/mol. The molecule has 2 aromatic carbocycles. The molecule has 4 heterocycles. The number of aromatic nitrogens is 5. The van der Waals surface area contributed by atoms with Crippen LogP contribution in [0.25, 0.3) is 16.7 Å². The molecule has 1 aliphatic rings. The number of likely N-dealkylation sites (tertiary alicyclic amines) is 1. The Morgan fingerprint density at radius 1 is 0.930 bits per heavy atom. The van der Waals surface area contributed by atoms with Crippen molar-refractivity contribution in [2.24, 2.45) is 0 Å². The van der Waals surface area contributed by atoms with Gasteiger partial charge < -0.3 is 19.7 Å². The fourth-order valence-electron chi connectivity index (χ4n) is 5.26. The maximum absolute atomic E-state index is 13.3. The van der Waals surface area contributed by atoms with Crippen LogP contribution in [0.15, 0.2) is 84.2 Å². The first-order chi connectivity index (χ1) is 20.9. The van der Waals surface area contributed by atoms with Gasteiger partial charge in [-0.05, 0) is 55.7 Å². The Balaban J connectivity index is 1.03. The number of rotatable bonds is 10. The smallest absolute Gasteiger partial charge is 0.264 e. The van der Waals surface area contributed by atoms with Crippen LogP contribution < -0.4 is 15.0 Å². The first kappa shape index (κ1) is 28.5. The van der Waals surface area contributed by atoms with Crippen molar-refractivity contribution >= 4 is 11.0 Å². The maximum Gasteiger partial charge on any atom is 0.264 e. The third-order valence-corrected chi connectivity index (χ3v) is 7.71. The van der Waals surface area contributed by atoms with E-state index in [2.05, 4.69) is 20.0 Å². The summed E-state index contributed by atoms with van der Waals surface area (Å²) in [6.07, 6.45) is 5.71. The third-order valence-electron chi connectivity index (χ3n) is 7.71. The highest BCUT2D eigenvalue weighted by Gasteiger charge is 2.33. The van der Waals surface area contributed by atoms with E-state index >= 15 is 0 Å². The van der Waals surface area contributed by atoms with Gasteiger partial charge in [0.25, 0.3) is 5.56 Å². The fraction of sp³-hybridized carbons (Fsp3) is 0.312. The van der Waals surface area contributed by atoms with Crippen molar-refractivity contribution < 1.29 is 19.7 Å². The molecular formula is C32H34N6O5. The van der Waals surface area contributed by atoms with Crippen molar-refractivity contribution in [2.75, 3.05) is 26.3 Å². The van der Waals surface area contributed by atoms with Gasteiger partial charge >= 0.3 is 0 Å². The molecule has 5 aromatic rings. The molecule has 2 N–H and O–H groups in total. The number of aliphatic hydroxyl groups excluding tert-OH is 1. The normalized spacial score (nSPS) is 15.0. The van der Waals surface area contributed by atoms with Gasteiger partial charge in [-0.15, -0.1) is 0 Å². The summed E-state index contributed by atoms with van der Waals surface area (Å²) in [5, 5.41) is 25.1. The van der Waals surface area contributed by atoms with Crippen molar-refractivity contribution in [2.45, 2.75) is 38.5 Å². The highest BCUT2D eigenvalue weighted by molar-refractivity contribution is 5.74. The standard InChI is InChI=1S/C32H34N6O5/c1-23-2-6-25(7-3-23)38-30-28(19-35-38)31(40)37(22-34-30)21-32(41)12-14-36(15-13-32)20-24-4-8-26(9-5-24)43-29-11-10-27(18-33-29)42-17-16-39/h2-11,18-19,22,39,41H,12-17,20-21H2,1H3. The summed E-state index contributed by atoms with van der Waals surface area (Å²) in [6, 6.07) is 19.2. The van der Waals surface area contributed by atoms with Gasteiger partial charge in [0.2, 0.25) is 5.88 Å². The molecule has 11 nitrogen and oxygen atoms in total. The number of benzene rings is 2. The summed E-state index contributed by atoms with van der Waals surface area (Å²) >= 11 is 0. The van der Waals surface area contributed by atoms with Crippen molar-refractivity contribution in [3.63, 3.8) is 0 Å². The lowest BCUT2D eigenvalue weighted by Gasteiger charge is -2.38. The van der Waals surface area contributed by atoms with E-state index in [1.54, 1.807) is 29.2 Å². The lowest BCUT2D eigenvalue weighted by Crippen LogP contribution is -2.47. The molecule has 0 spiro atoms. The minimum absolute atomic E-state index is 0.0536.